The second-order valence-corrected chi connectivity index (χ2v) is 3.27. The number of carbonyl (C=O) groups excluding carboxylic acids is 1. The molecule has 0 fully saturated rings. The summed E-state index contributed by atoms with van der Waals surface area (Å²) in [6, 6.07) is 3.92. The Labute approximate surface area is 84.3 Å². The Hall–Kier alpha value is -1.22. The van der Waals surface area contributed by atoms with Gasteiger partial charge in [0.25, 0.3) is 0 Å². The molecule has 0 radical (unpaired) electrons. The van der Waals surface area contributed by atoms with Gasteiger partial charge >= 0.3 is 0 Å². The van der Waals surface area contributed by atoms with Crippen molar-refractivity contribution in [3.63, 3.8) is 0 Å². The van der Waals surface area contributed by atoms with Crippen LogP contribution in [0.15, 0.2) is 18.3 Å². The average Bonchev–Trinajstić information content (AvgIpc) is 2.19. The number of Topliss-reactive ketones (excluding diaryl/α,β-unsaturated/α-hetero) is 1. The van der Waals surface area contributed by atoms with Gasteiger partial charge in [0.2, 0.25) is 0 Å². The fourth-order valence-electron chi connectivity index (χ4n) is 1.22. The Morgan fingerprint density at radius 1 is 1.50 bits per heavy atom. The number of nitrogens with zero attached hydrogens (tertiary/aromatic N) is 1. The van der Waals surface area contributed by atoms with Gasteiger partial charge in [-0.15, -0.1) is 0 Å². The molecule has 0 unspecified atom stereocenters. The number of pyridine rings is 1. The number of hydrogen-bond donors (Lipinski definition) is 1. The van der Waals surface area contributed by atoms with Gasteiger partial charge in [-0.1, -0.05) is 13.0 Å². The van der Waals surface area contributed by atoms with Gasteiger partial charge in [0.1, 0.15) is 5.78 Å². The van der Waals surface area contributed by atoms with Crippen LogP contribution < -0.4 is 5.73 Å². The van der Waals surface area contributed by atoms with Gasteiger partial charge in [0.05, 0.1) is 0 Å². The Morgan fingerprint density at radius 2 is 2.29 bits per heavy atom. The lowest BCUT2D eigenvalue weighted by Gasteiger charge is -2.00. The minimum Gasteiger partial charge on any atom is -0.330 e. The smallest absolute Gasteiger partial charge is 0.140 e. The lowest BCUT2D eigenvalue weighted by atomic mass is 10.1. The molecule has 0 aliphatic rings. The predicted octanol–water partition coefficient (Wildman–Crippen LogP) is 1.10. The van der Waals surface area contributed by atoms with Crippen molar-refractivity contribution in [1.29, 1.82) is 0 Å². The molecule has 0 aliphatic carbocycles. The zero-order valence-electron chi connectivity index (χ0n) is 8.49. The summed E-state index contributed by atoms with van der Waals surface area (Å²) in [5, 5.41) is 0. The normalized spacial score (nSPS) is 10.1. The van der Waals surface area contributed by atoms with Gasteiger partial charge < -0.3 is 5.73 Å². The molecule has 1 heterocycles. The topological polar surface area (TPSA) is 56.0 Å². The van der Waals surface area contributed by atoms with Crippen molar-refractivity contribution in [2.45, 2.75) is 26.2 Å². The van der Waals surface area contributed by atoms with Crippen molar-refractivity contribution in [2.75, 3.05) is 6.54 Å². The first kappa shape index (κ1) is 10.9. The number of nitrogens with two attached hydrogens (primary N) is 1. The predicted molar refractivity (Wildman–Crippen MR) is 56.0 cm³/mol. The van der Waals surface area contributed by atoms with Crippen molar-refractivity contribution < 1.29 is 4.79 Å². The van der Waals surface area contributed by atoms with Gasteiger partial charge in [-0.2, -0.15) is 0 Å². The monoisotopic (exact) mass is 192 g/mol. The lowest BCUT2D eigenvalue weighted by molar-refractivity contribution is -0.118. The van der Waals surface area contributed by atoms with E-state index in [1.165, 1.54) is 5.56 Å². The summed E-state index contributed by atoms with van der Waals surface area (Å²) in [5.41, 5.74) is 7.32. The second kappa shape index (κ2) is 5.50. The van der Waals surface area contributed by atoms with E-state index in [1.54, 1.807) is 0 Å². The van der Waals surface area contributed by atoms with Crippen LogP contribution in [0.4, 0.5) is 0 Å². The van der Waals surface area contributed by atoms with Gasteiger partial charge in [0, 0.05) is 24.7 Å². The van der Waals surface area contributed by atoms with Crippen molar-refractivity contribution >= 4 is 5.78 Å². The van der Waals surface area contributed by atoms with E-state index in [0.717, 1.165) is 12.1 Å². The number of rotatable bonds is 5. The highest BCUT2D eigenvalue weighted by Crippen LogP contribution is 2.02. The van der Waals surface area contributed by atoms with Crippen LogP contribution in [0.3, 0.4) is 0 Å². The van der Waals surface area contributed by atoms with Gasteiger partial charge in [-0.3, -0.25) is 9.78 Å². The summed E-state index contributed by atoms with van der Waals surface area (Å²) < 4.78 is 0. The highest BCUT2D eigenvalue weighted by atomic mass is 16.1. The van der Waals surface area contributed by atoms with E-state index in [1.807, 2.05) is 18.3 Å². The summed E-state index contributed by atoms with van der Waals surface area (Å²) in [7, 11) is 0. The molecule has 14 heavy (non-hydrogen) atoms. The van der Waals surface area contributed by atoms with Gasteiger partial charge in [-0.25, -0.2) is 0 Å². The van der Waals surface area contributed by atoms with Crippen LogP contribution in [0.25, 0.3) is 0 Å². The Kier molecular flexibility index (Phi) is 4.26. The quantitative estimate of drug-likeness (QED) is 0.760. The molecule has 76 valence electrons. The first-order valence-electron chi connectivity index (χ1n) is 4.91. The van der Waals surface area contributed by atoms with Crippen LogP contribution in [-0.2, 0) is 17.6 Å². The van der Waals surface area contributed by atoms with Crippen molar-refractivity contribution in [3.05, 3.63) is 29.6 Å². The van der Waals surface area contributed by atoms with E-state index in [-0.39, 0.29) is 5.78 Å². The molecule has 0 amide bonds. The fourth-order valence-corrected chi connectivity index (χ4v) is 1.22. The molecule has 1 aromatic rings. The molecule has 1 rings (SSSR count). The lowest BCUT2D eigenvalue weighted by Crippen LogP contribution is -2.10. The minimum absolute atomic E-state index is 0.157. The molecule has 0 spiro atoms. The number of carbonyl (C=O) groups is 1. The molecule has 0 saturated heterocycles. The molecule has 0 aromatic carbocycles. The van der Waals surface area contributed by atoms with E-state index in [9.17, 15) is 4.79 Å². The van der Waals surface area contributed by atoms with Crippen LogP contribution in [0.2, 0.25) is 0 Å². The largest absolute Gasteiger partial charge is 0.330 e. The molecule has 1 aromatic heterocycles. The second-order valence-electron chi connectivity index (χ2n) is 3.27. The number of aryl methyl sites for hydroxylation is 1. The number of aromatic nitrogens is 1. The summed E-state index contributed by atoms with van der Waals surface area (Å²) in [5.74, 6) is 0.157. The first-order chi connectivity index (χ1) is 6.76. The van der Waals surface area contributed by atoms with Crippen LogP contribution in [0.5, 0.6) is 0 Å². The molecular weight excluding hydrogens is 176 g/mol. The molecule has 0 atom stereocenters. The van der Waals surface area contributed by atoms with Crippen LogP contribution in [0, 0.1) is 0 Å². The van der Waals surface area contributed by atoms with Crippen molar-refractivity contribution in [2.24, 2.45) is 5.73 Å². The Morgan fingerprint density at radius 3 is 2.79 bits per heavy atom. The molecule has 0 bridgehead atoms. The summed E-state index contributed by atoms with van der Waals surface area (Å²) in [6.07, 6.45) is 3.65. The Bertz CT molecular complexity index is 293. The third-order valence-corrected chi connectivity index (χ3v) is 2.10. The molecule has 0 saturated carbocycles. The first-order valence-corrected chi connectivity index (χ1v) is 4.91. The molecule has 3 nitrogen and oxygen atoms in total. The summed E-state index contributed by atoms with van der Waals surface area (Å²) in [6.45, 7) is 2.50. The van der Waals surface area contributed by atoms with Gasteiger partial charge in [-0.05, 0) is 24.6 Å². The molecular formula is C11H16N2O. The Balaban J connectivity index is 2.55. The average molecular weight is 192 g/mol. The highest BCUT2D eigenvalue weighted by molar-refractivity contribution is 5.80. The minimum atomic E-state index is 0.157. The van der Waals surface area contributed by atoms with Crippen molar-refractivity contribution in [3.8, 4) is 0 Å². The third-order valence-electron chi connectivity index (χ3n) is 2.10. The number of hydrogen-bond acceptors (Lipinski definition) is 3. The maximum absolute atomic E-state index is 11.2. The molecule has 0 aliphatic heterocycles. The van der Waals surface area contributed by atoms with E-state index < -0.39 is 0 Å². The third kappa shape index (κ3) is 3.26. The number of ketones is 1. The SMILES string of the molecule is CCc1ccc(CC(=O)CCN)nc1. The van der Waals surface area contributed by atoms with Gasteiger partial charge in [0.15, 0.2) is 0 Å². The van der Waals surface area contributed by atoms with Crippen LogP contribution >= 0.6 is 0 Å². The van der Waals surface area contributed by atoms with Crippen molar-refractivity contribution in [1.82, 2.24) is 4.98 Å². The van der Waals surface area contributed by atoms with Crippen LogP contribution in [0.1, 0.15) is 24.6 Å². The zero-order chi connectivity index (χ0) is 10.4. The van der Waals surface area contributed by atoms with E-state index in [0.29, 0.717) is 19.4 Å². The van der Waals surface area contributed by atoms with E-state index >= 15 is 0 Å². The maximum Gasteiger partial charge on any atom is 0.140 e. The zero-order valence-corrected chi connectivity index (χ0v) is 8.49. The standard InChI is InChI=1S/C11H16N2O/c1-2-9-3-4-10(13-8-9)7-11(14)5-6-12/h3-4,8H,2,5-7,12H2,1H3. The molecule has 3 heteroatoms. The summed E-state index contributed by atoms with van der Waals surface area (Å²) in [4.78, 5) is 15.5. The fraction of sp³-hybridized carbons (Fsp3) is 0.455. The van der Waals surface area contributed by atoms with Crippen LogP contribution in [-0.4, -0.2) is 17.3 Å². The molecule has 2 N–H and O–H groups in total. The van der Waals surface area contributed by atoms with E-state index in [2.05, 4.69) is 11.9 Å². The maximum atomic E-state index is 11.2. The highest BCUT2D eigenvalue weighted by Gasteiger charge is 2.03. The summed E-state index contributed by atoms with van der Waals surface area (Å²) >= 11 is 0. The van der Waals surface area contributed by atoms with E-state index in [4.69, 9.17) is 5.73 Å².